The molecular formula is C30H33N3O6S. The third kappa shape index (κ3) is 6.57. The molecular weight excluding hydrogens is 530 g/mol. The number of ether oxygens (including phenoxy) is 1. The van der Waals surface area contributed by atoms with E-state index in [9.17, 15) is 22.8 Å². The molecule has 4 rings (SSSR count). The third-order valence-electron chi connectivity index (χ3n) is 6.85. The van der Waals surface area contributed by atoms with Gasteiger partial charge in [-0.15, -0.1) is 0 Å². The van der Waals surface area contributed by atoms with E-state index in [1.165, 1.54) is 6.92 Å². The van der Waals surface area contributed by atoms with Crippen molar-refractivity contribution in [2.75, 3.05) is 23.5 Å². The number of Topliss-reactive ketones (excluding diaryl/α,β-unsaturated/α-hetero) is 1. The summed E-state index contributed by atoms with van der Waals surface area (Å²) in [5.74, 6) is -1.76. The number of H-pyrrole nitrogens is 1. The SMILES string of the molecule is COc1ccc2[nH]c(C)c(CC(=O)N(C(=O)[C@@H](N)CS(=O)(=O)CCCC(C)=O)c3ccc4ccccc4c3)c2c1. The number of ketones is 1. The fraction of sp³-hybridized carbons (Fsp3) is 0.300. The lowest BCUT2D eigenvalue weighted by Crippen LogP contribution is -2.50. The van der Waals surface area contributed by atoms with Gasteiger partial charge >= 0.3 is 0 Å². The molecule has 0 bridgehead atoms. The number of imide groups is 1. The van der Waals surface area contributed by atoms with Gasteiger partial charge in [0.05, 0.1) is 36.8 Å². The molecule has 0 spiro atoms. The molecule has 10 heteroatoms. The molecule has 0 fully saturated rings. The Balaban J connectivity index is 1.68. The number of amides is 2. The maximum atomic E-state index is 13.9. The number of hydrogen-bond donors (Lipinski definition) is 2. The van der Waals surface area contributed by atoms with Crippen molar-refractivity contribution in [3.05, 3.63) is 71.9 Å². The predicted molar refractivity (Wildman–Crippen MR) is 156 cm³/mol. The Labute approximate surface area is 233 Å². The number of hydrogen-bond acceptors (Lipinski definition) is 7. The number of rotatable bonds is 11. The molecule has 4 aromatic rings. The van der Waals surface area contributed by atoms with Crippen LogP contribution in [0.5, 0.6) is 5.75 Å². The molecule has 0 saturated heterocycles. The molecule has 40 heavy (non-hydrogen) atoms. The van der Waals surface area contributed by atoms with E-state index < -0.39 is 33.4 Å². The van der Waals surface area contributed by atoms with Gasteiger partial charge in [-0.3, -0.25) is 9.59 Å². The summed E-state index contributed by atoms with van der Waals surface area (Å²) in [4.78, 5) is 43.0. The second-order valence-corrected chi connectivity index (χ2v) is 12.2. The fourth-order valence-corrected chi connectivity index (χ4v) is 6.23. The van der Waals surface area contributed by atoms with Gasteiger partial charge in [0.15, 0.2) is 9.84 Å². The normalized spacial score (nSPS) is 12.4. The van der Waals surface area contributed by atoms with E-state index in [1.807, 2.05) is 49.4 Å². The summed E-state index contributed by atoms with van der Waals surface area (Å²) in [5, 5.41) is 2.51. The maximum absolute atomic E-state index is 13.9. The van der Waals surface area contributed by atoms with E-state index in [0.717, 1.165) is 32.3 Å². The summed E-state index contributed by atoms with van der Waals surface area (Å²) in [5.41, 5.74) is 8.72. The van der Waals surface area contributed by atoms with E-state index in [1.54, 1.807) is 25.3 Å². The molecule has 1 heterocycles. The first kappa shape index (κ1) is 29.0. The van der Waals surface area contributed by atoms with E-state index in [-0.39, 0.29) is 30.8 Å². The van der Waals surface area contributed by atoms with Crippen LogP contribution in [0, 0.1) is 6.92 Å². The number of aryl methyl sites for hydroxylation is 1. The number of nitrogens with zero attached hydrogens (tertiary/aromatic N) is 1. The van der Waals surface area contributed by atoms with Gasteiger partial charge in [-0.2, -0.15) is 0 Å². The van der Waals surface area contributed by atoms with Gasteiger partial charge in [0.1, 0.15) is 11.5 Å². The van der Waals surface area contributed by atoms with Crippen molar-refractivity contribution >= 4 is 54.8 Å². The van der Waals surface area contributed by atoms with Crippen molar-refractivity contribution in [2.24, 2.45) is 5.73 Å². The van der Waals surface area contributed by atoms with Gasteiger partial charge in [0.25, 0.3) is 5.91 Å². The Hall–Kier alpha value is -4.02. The number of anilines is 1. The summed E-state index contributed by atoms with van der Waals surface area (Å²) in [6.07, 6.45) is 0.143. The van der Waals surface area contributed by atoms with Crippen LogP contribution in [0.15, 0.2) is 60.7 Å². The minimum atomic E-state index is -3.75. The van der Waals surface area contributed by atoms with Crippen LogP contribution in [-0.4, -0.2) is 55.7 Å². The van der Waals surface area contributed by atoms with Crippen molar-refractivity contribution in [2.45, 2.75) is 39.2 Å². The molecule has 0 unspecified atom stereocenters. The fourth-order valence-electron chi connectivity index (χ4n) is 4.79. The Kier molecular flexibility index (Phi) is 8.70. The number of benzene rings is 3. The van der Waals surface area contributed by atoms with Crippen molar-refractivity contribution < 1.29 is 27.5 Å². The van der Waals surface area contributed by atoms with Crippen LogP contribution in [0.1, 0.15) is 31.0 Å². The number of nitrogens with two attached hydrogens (primary N) is 1. The summed E-state index contributed by atoms with van der Waals surface area (Å²) in [7, 11) is -2.19. The Bertz CT molecular complexity index is 1690. The van der Waals surface area contributed by atoms with E-state index in [0.29, 0.717) is 17.0 Å². The molecule has 1 atom stereocenters. The number of fused-ring (bicyclic) bond motifs is 2. The lowest BCUT2D eigenvalue weighted by atomic mass is 10.0. The quantitative estimate of drug-likeness (QED) is 0.282. The highest BCUT2D eigenvalue weighted by Crippen LogP contribution is 2.29. The Morgan fingerprint density at radius 1 is 1.02 bits per heavy atom. The van der Waals surface area contributed by atoms with Crippen molar-refractivity contribution in [1.29, 1.82) is 0 Å². The molecule has 3 N–H and O–H groups in total. The number of carbonyl (C=O) groups excluding carboxylic acids is 3. The van der Waals surface area contributed by atoms with Gasteiger partial charge in [0, 0.05) is 23.0 Å². The van der Waals surface area contributed by atoms with Gasteiger partial charge in [-0.1, -0.05) is 30.3 Å². The second-order valence-electron chi connectivity index (χ2n) is 9.94. The highest BCUT2D eigenvalue weighted by molar-refractivity contribution is 7.91. The number of methoxy groups -OCH3 is 1. The molecule has 0 saturated carbocycles. The first-order valence-corrected chi connectivity index (χ1v) is 14.8. The van der Waals surface area contributed by atoms with Crippen molar-refractivity contribution in [1.82, 2.24) is 4.98 Å². The smallest absolute Gasteiger partial charge is 0.251 e. The average molecular weight is 564 g/mol. The highest BCUT2D eigenvalue weighted by Gasteiger charge is 2.32. The maximum Gasteiger partial charge on any atom is 0.251 e. The van der Waals surface area contributed by atoms with Gasteiger partial charge in [-0.05, 0) is 66.9 Å². The lowest BCUT2D eigenvalue weighted by molar-refractivity contribution is -0.126. The molecule has 0 aliphatic heterocycles. The summed E-state index contributed by atoms with van der Waals surface area (Å²) < 4.78 is 30.7. The largest absolute Gasteiger partial charge is 0.497 e. The molecule has 3 aromatic carbocycles. The molecule has 9 nitrogen and oxygen atoms in total. The van der Waals surface area contributed by atoms with Crippen LogP contribution in [0.4, 0.5) is 5.69 Å². The number of aromatic nitrogens is 1. The number of nitrogens with one attached hydrogen (secondary N) is 1. The zero-order valence-corrected chi connectivity index (χ0v) is 23.6. The molecule has 210 valence electrons. The minimum Gasteiger partial charge on any atom is -0.497 e. The van der Waals surface area contributed by atoms with E-state index in [4.69, 9.17) is 10.5 Å². The minimum absolute atomic E-state index is 0.117. The third-order valence-corrected chi connectivity index (χ3v) is 8.63. The summed E-state index contributed by atoms with van der Waals surface area (Å²) >= 11 is 0. The van der Waals surface area contributed by atoms with Gasteiger partial charge in [-0.25, -0.2) is 13.3 Å². The Morgan fingerprint density at radius 2 is 1.75 bits per heavy atom. The number of carbonyl (C=O) groups is 3. The molecule has 2 amide bonds. The van der Waals surface area contributed by atoms with Crippen LogP contribution in [0.3, 0.4) is 0 Å². The first-order valence-electron chi connectivity index (χ1n) is 13.0. The summed E-state index contributed by atoms with van der Waals surface area (Å²) in [6, 6.07) is 16.7. The van der Waals surface area contributed by atoms with Crippen LogP contribution >= 0.6 is 0 Å². The average Bonchev–Trinajstić information content (AvgIpc) is 3.21. The predicted octanol–water partition coefficient (Wildman–Crippen LogP) is 3.85. The zero-order chi connectivity index (χ0) is 29.0. The monoisotopic (exact) mass is 563 g/mol. The molecule has 0 aliphatic rings. The first-order chi connectivity index (χ1) is 19.0. The van der Waals surface area contributed by atoms with Crippen molar-refractivity contribution in [3.8, 4) is 5.75 Å². The standard InChI is InChI=1S/C30H33N3O6S/c1-19(34)7-6-14-40(37,38)18-27(31)30(36)33(23-11-10-21-8-4-5-9-22(21)15-23)29(35)17-25-20(2)32-28-13-12-24(39-3)16-26(25)28/h4-5,8-13,15-16,27,32H,6-7,14,17-18,31H2,1-3H3/t27-/m0/s1. The molecule has 0 radical (unpaired) electrons. The number of aromatic amines is 1. The van der Waals surface area contributed by atoms with Gasteiger partial charge < -0.3 is 20.2 Å². The second kappa shape index (κ2) is 12.0. The van der Waals surface area contributed by atoms with Crippen LogP contribution < -0.4 is 15.4 Å². The zero-order valence-electron chi connectivity index (χ0n) is 22.8. The van der Waals surface area contributed by atoms with E-state index in [2.05, 4.69) is 4.98 Å². The van der Waals surface area contributed by atoms with Crippen LogP contribution in [-0.2, 0) is 30.6 Å². The van der Waals surface area contributed by atoms with Crippen LogP contribution in [0.2, 0.25) is 0 Å². The highest BCUT2D eigenvalue weighted by atomic mass is 32.2. The summed E-state index contributed by atoms with van der Waals surface area (Å²) in [6.45, 7) is 3.23. The molecule has 0 aliphatic carbocycles. The Morgan fingerprint density at radius 3 is 2.45 bits per heavy atom. The van der Waals surface area contributed by atoms with Crippen molar-refractivity contribution in [3.63, 3.8) is 0 Å². The van der Waals surface area contributed by atoms with E-state index >= 15 is 0 Å². The molecule has 1 aromatic heterocycles. The van der Waals surface area contributed by atoms with Gasteiger partial charge in [0.2, 0.25) is 5.91 Å². The topological polar surface area (TPSA) is 140 Å². The number of sulfone groups is 1. The van der Waals surface area contributed by atoms with Crippen LogP contribution in [0.25, 0.3) is 21.7 Å². The lowest BCUT2D eigenvalue weighted by Gasteiger charge is -2.25.